The van der Waals surface area contributed by atoms with E-state index in [9.17, 15) is 14.0 Å². The zero-order valence-electron chi connectivity index (χ0n) is 19.7. The van der Waals surface area contributed by atoms with Gasteiger partial charge in [-0.1, -0.05) is 35.9 Å². The monoisotopic (exact) mass is 505 g/mol. The largest absolute Gasteiger partial charge is 0.481 e. The molecule has 0 aliphatic rings. The molecule has 0 saturated carbocycles. The fourth-order valence-corrected chi connectivity index (χ4v) is 4.08. The van der Waals surface area contributed by atoms with Crippen molar-refractivity contribution in [3.05, 3.63) is 94.4 Å². The molecule has 4 rings (SSSR count). The molecular weight excluding hydrogens is 481 g/mol. The minimum Gasteiger partial charge on any atom is -0.481 e. The average molecular weight is 506 g/mol. The Hall–Kier alpha value is -3.84. The molecule has 4 aromatic rings. The first kappa shape index (κ1) is 25.3. The van der Waals surface area contributed by atoms with Crippen molar-refractivity contribution in [3.8, 4) is 11.3 Å². The van der Waals surface area contributed by atoms with E-state index in [1.54, 1.807) is 49.4 Å². The Morgan fingerprint density at radius 3 is 2.50 bits per heavy atom. The zero-order valence-corrected chi connectivity index (χ0v) is 20.4. The Balaban J connectivity index is 1.63. The van der Waals surface area contributed by atoms with Crippen molar-refractivity contribution in [1.29, 1.82) is 0 Å². The number of unbranched alkanes of at least 4 members (excludes halogenated alkanes) is 1. The van der Waals surface area contributed by atoms with Crippen molar-refractivity contribution in [3.63, 3.8) is 0 Å². The topological polar surface area (TPSA) is 92.2 Å². The Bertz CT molecular complexity index is 1410. The van der Waals surface area contributed by atoms with E-state index in [-0.39, 0.29) is 24.2 Å². The van der Waals surface area contributed by atoms with Gasteiger partial charge in [0.1, 0.15) is 5.82 Å². The third-order valence-electron chi connectivity index (χ3n) is 5.87. The normalized spacial score (nSPS) is 11.9. The van der Waals surface area contributed by atoms with Crippen molar-refractivity contribution >= 4 is 34.5 Å². The number of carboxylic acids is 1. The summed E-state index contributed by atoms with van der Waals surface area (Å²) in [6.07, 6.45) is 1.79. The van der Waals surface area contributed by atoms with Crippen LogP contribution in [0.1, 0.15) is 53.8 Å². The SMILES string of the molecule is C[C@@H](NC(=O)c1ccc2nc(-c3ccc(Cl)cc3)c(CCCCC(=O)O)nc2c1)c1cccc(F)c1. The first-order valence-corrected chi connectivity index (χ1v) is 12.0. The molecule has 1 atom stereocenters. The first-order valence-electron chi connectivity index (χ1n) is 11.6. The number of hydrogen-bond donors (Lipinski definition) is 2. The molecule has 0 aliphatic heterocycles. The summed E-state index contributed by atoms with van der Waals surface area (Å²) in [5, 5.41) is 12.4. The third kappa shape index (κ3) is 6.23. The van der Waals surface area contributed by atoms with Crippen molar-refractivity contribution in [1.82, 2.24) is 15.3 Å². The number of carbonyl (C=O) groups is 2. The quantitative estimate of drug-likeness (QED) is 0.257. The number of aromatic nitrogens is 2. The summed E-state index contributed by atoms with van der Waals surface area (Å²) in [6, 6.07) is 18.2. The molecule has 0 bridgehead atoms. The second kappa shape index (κ2) is 11.3. The van der Waals surface area contributed by atoms with Crippen LogP contribution in [0.4, 0.5) is 4.39 Å². The van der Waals surface area contributed by atoms with E-state index >= 15 is 0 Å². The van der Waals surface area contributed by atoms with Gasteiger partial charge in [-0.05, 0) is 74.2 Å². The van der Waals surface area contributed by atoms with E-state index in [0.29, 0.717) is 52.1 Å². The molecule has 0 saturated heterocycles. The van der Waals surface area contributed by atoms with Gasteiger partial charge in [0.25, 0.3) is 5.91 Å². The number of aliphatic carboxylic acids is 1. The lowest BCUT2D eigenvalue weighted by atomic mass is 10.0. The molecule has 3 aromatic carbocycles. The summed E-state index contributed by atoms with van der Waals surface area (Å²) in [5.41, 5.74) is 4.55. The van der Waals surface area contributed by atoms with Gasteiger partial charge >= 0.3 is 5.97 Å². The fourth-order valence-electron chi connectivity index (χ4n) is 3.95. The number of benzene rings is 3. The van der Waals surface area contributed by atoms with Crippen LogP contribution in [0.25, 0.3) is 22.3 Å². The maximum atomic E-state index is 13.6. The van der Waals surface area contributed by atoms with E-state index in [1.807, 2.05) is 12.1 Å². The Morgan fingerprint density at radius 2 is 1.78 bits per heavy atom. The Morgan fingerprint density at radius 1 is 1.00 bits per heavy atom. The van der Waals surface area contributed by atoms with Crippen LogP contribution in [0.5, 0.6) is 0 Å². The van der Waals surface area contributed by atoms with Gasteiger partial charge in [0.2, 0.25) is 0 Å². The smallest absolute Gasteiger partial charge is 0.303 e. The number of carbonyl (C=O) groups excluding carboxylic acids is 1. The maximum absolute atomic E-state index is 13.6. The number of hydrogen-bond acceptors (Lipinski definition) is 4. The standard InChI is InChI=1S/C28H25ClFN3O3/c1-17(19-5-4-6-22(30)15-19)31-28(36)20-11-14-23-25(16-20)32-24(7-2-3-8-26(34)35)27(33-23)18-9-12-21(29)13-10-18/h4-6,9-17H,2-3,7-8H2,1H3,(H,31,36)(H,34,35)/t17-/m1/s1. The number of nitrogens with zero attached hydrogens (tertiary/aromatic N) is 2. The number of halogens is 2. The van der Waals surface area contributed by atoms with E-state index < -0.39 is 5.97 Å². The second-order valence-electron chi connectivity index (χ2n) is 8.58. The fraction of sp³-hybridized carbons (Fsp3) is 0.214. The second-order valence-corrected chi connectivity index (χ2v) is 9.02. The summed E-state index contributed by atoms with van der Waals surface area (Å²) >= 11 is 6.05. The van der Waals surface area contributed by atoms with Crippen LogP contribution in [-0.4, -0.2) is 27.0 Å². The molecular formula is C28H25ClFN3O3. The molecule has 1 heterocycles. The number of carboxylic acid groups (broad SMARTS) is 1. The van der Waals surface area contributed by atoms with Gasteiger partial charge in [-0.25, -0.2) is 14.4 Å². The van der Waals surface area contributed by atoms with Crippen molar-refractivity contribution in [2.45, 2.75) is 38.6 Å². The highest BCUT2D eigenvalue weighted by atomic mass is 35.5. The van der Waals surface area contributed by atoms with Gasteiger partial charge in [0.15, 0.2) is 0 Å². The summed E-state index contributed by atoms with van der Waals surface area (Å²) in [5.74, 6) is -1.50. The zero-order chi connectivity index (χ0) is 25.7. The minimum atomic E-state index is -0.833. The molecule has 0 spiro atoms. The number of rotatable bonds is 9. The lowest BCUT2D eigenvalue weighted by Crippen LogP contribution is -2.26. The predicted molar refractivity (Wildman–Crippen MR) is 137 cm³/mol. The Kier molecular flexibility index (Phi) is 7.90. The lowest BCUT2D eigenvalue weighted by Gasteiger charge is -2.15. The van der Waals surface area contributed by atoms with Gasteiger partial charge in [-0.3, -0.25) is 9.59 Å². The van der Waals surface area contributed by atoms with Crippen LogP contribution in [0.3, 0.4) is 0 Å². The van der Waals surface area contributed by atoms with Gasteiger partial charge in [-0.2, -0.15) is 0 Å². The third-order valence-corrected chi connectivity index (χ3v) is 6.12. The molecule has 8 heteroatoms. The predicted octanol–water partition coefficient (Wildman–Crippen LogP) is 6.38. The van der Waals surface area contributed by atoms with Gasteiger partial charge < -0.3 is 10.4 Å². The molecule has 0 unspecified atom stereocenters. The van der Waals surface area contributed by atoms with Crippen LogP contribution >= 0.6 is 11.6 Å². The van der Waals surface area contributed by atoms with Crippen LogP contribution < -0.4 is 5.32 Å². The number of fused-ring (bicyclic) bond motifs is 1. The summed E-state index contributed by atoms with van der Waals surface area (Å²) < 4.78 is 13.6. The minimum absolute atomic E-state index is 0.0884. The van der Waals surface area contributed by atoms with E-state index in [0.717, 1.165) is 11.3 Å². The van der Waals surface area contributed by atoms with E-state index in [1.165, 1.54) is 12.1 Å². The van der Waals surface area contributed by atoms with Crippen molar-refractivity contribution < 1.29 is 19.1 Å². The highest BCUT2D eigenvalue weighted by molar-refractivity contribution is 6.30. The molecule has 184 valence electrons. The summed E-state index contributed by atoms with van der Waals surface area (Å²) in [6.45, 7) is 1.79. The molecule has 36 heavy (non-hydrogen) atoms. The molecule has 0 aliphatic carbocycles. The number of nitrogens with one attached hydrogen (secondary N) is 1. The van der Waals surface area contributed by atoms with Crippen molar-refractivity contribution in [2.75, 3.05) is 0 Å². The van der Waals surface area contributed by atoms with Gasteiger partial charge in [-0.15, -0.1) is 0 Å². The molecule has 0 fully saturated rings. The van der Waals surface area contributed by atoms with Crippen LogP contribution in [0.2, 0.25) is 5.02 Å². The van der Waals surface area contributed by atoms with Crippen LogP contribution in [0, 0.1) is 5.82 Å². The average Bonchev–Trinajstić information content (AvgIpc) is 2.86. The van der Waals surface area contributed by atoms with Crippen LogP contribution in [-0.2, 0) is 11.2 Å². The van der Waals surface area contributed by atoms with E-state index in [4.69, 9.17) is 26.7 Å². The molecule has 6 nitrogen and oxygen atoms in total. The summed E-state index contributed by atoms with van der Waals surface area (Å²) in [4.78, 5) is 33.4. The maximum Gasteiger partial charge on any atom is 0.303 e. The Labute approximate surface area is 213 Å². The molecule has 2 N–H and O–H groups in total. The number of aryl methyl sites for hydroxylation is 1. The molecule has 0 radical (unpaired) electrons. The van der Waals surface area contributed by atoms with Crippen molar-refractivity contribution in [2.24, 2.45) is 0 Å². The highest BCUT2D eigenvalue weighted by Crippen LogP contribution is 2.27. The van der Waals surface area contributed by atoms with E-state index in [2.05, 4.69) is 5.32 Å². The van der Waals surface area contributed by atoms with Gasteiger partial charge in [0, 0.05) is 22.6 Å². The molecule has 1 aromatic heterocycles. The van der Waals surface area contributed by atoms with Gasteiger partial charge in [0.05, 0.1) is 28.5 Å². The number of amides is 1. The summed E-state index contributed by atoms with van der Waals surface area (Å²) in [7, 11) is 0. The van der Waals surface area contributed by atoms with Crippen LogP contribution in [0.15, 0.2) is 66.7 Å². The first-order chi connectivity index (χ1) is 17.3. The highest BCUT2D eigenvalue weighted by Gasteiger charge is 2.16. The lowest BCUT2D eigenvalue weighted by molar-refractivity contribution is -0.137. The molecule has 1 amide bonds.